The fourth-order valence-electron chi connectivity index (χ4n) is 1.33. The summed E-state index contributed by atoms with van der Waals surface area (Å²) in [7, 11) is 1.36. The predicted molar refractivity (Wildman–Crippen MR) is 57.9 cm³/mol. The third-order valence-electron chi connectivity index (χ3n) is 2.24. The molecule has 0 saturated carbocycles. The first-order chi connectivity index (χ1) is 7.89. The molecule has 0 heterocycles. The molecule has 0 aromatic heterocycles. The van der Waals surface area contributed by atoms with Crippen LogP contribution in [0.5, 0.6) is 0 Å². The molecule has 2 N–H and O–H groups in total. The number of carboxylic acids is 1. The van der Waals surface area contributed by atoms with Gasteiger partial charge in [-0.15, -0.1) is 0 Å². The summed E-state index contributed by atoms with van der Waals surface area (Å²) in [5, 5.41) is 11.6. The molecule has 4 nitrogen and oxygen atoms in total. The highest BCUT2D eigenvalue weighted by molar-refractivity contribution is 5.82. The van der Waals surface area contributed by atoms with Crippen LogP contribution in [0.3, 0.4) is 0 Å². The molecular weight excluding hydrogens is 232 g/mol. The molecule has 0 aliphatic carbocycles. The summed E-state index contributed by atoms with van der Waals surface area (Å²) in [5.74, 6) is -3.18. The van der Waals surface area contributed by atoms with Gasteiger partial charge in [-0.3, -0.25) is 0 Å². The maximum atomic E-state index is 12.9. The minimum atomic E-state index is -1.40. The van der Waals surface area contributed by atoms with E-state index in [0.717, 1.165) is 12.1 Å². The number of hydrogen-bond donors (Lipinski definition) is 2. The van der Waals surface area contributed by atoms with E-state index in [1.807, 2.05) is 0 Å². The van der Waals surface area contributed by atoms with Crippen LogP contribution in [0.4, 0.5) is 14.5 Å². The van der Waals surface area contributed by atoms with Gasteiger partial charge in [0.1, 0.15) is 0 Å². The summed E-state index contributed by atoms with van der Waals surface area (Å²) < 4.78 is 30.4. The first kappa shape index (κ1) is 13.4. The van der Waals surface area contributed by atoms with E-state index < -0.39 is 23.1 Å². The van der Waals surface area contributed by atoms with Crippen molar-refractivity contribution in [3.8, 4) is 0 Å². The normalized spacial score (nSPS) is 14.1. The number of carboxylic acid groups (broad SMARTS) is 1. The van der Waals surface area contributed by atoms with Crippen LogP contribution in [0.15, 0.2) is 18.2 Å². The van der Waals surface area contributed by atoms with Crippen molar-refractivity contribution < 1.29 is 23.4 Å². The molecule has 1 rings (SSSR count). The number of nitrogens with one attached hydrogen (secondary N) is 1. The summed E-state index contributed by atoms with van der Waals surface area (Å²) in [6, 6.07) is 3.08. The summed E-state index contributed by atoms with van der Waals surface area (Å²) in [6.45, 7) is 1.28. The lowest BCUT2D eigenvalue weighted by Crippen LogP contribution is -2.47. The highest BCUT2D eigenvalue weighted by Gasteiger charge is 2.33. The maximum absolute atomic E-state index is 12.9. The van der Waals surface area contributed by atoms with Gasteiger partial charge in [0, 0.05) is 18.9 Å². The number of anilines is 1. The van der Waals surface area contributed by atoms with Crippen LogP contribution in [0, 0.1) is 11.6 Å². The summed E-state index contributed by atoms with van der Waals surface area (Å²) in [6.07, 6.45) is 0. The van der Waals surface area contributed by atoms with E-state index in [2.05, 4.69) is 5.32 Å². The molecule has 0 aliphatic rings. The van der Waals surface area contributed by atoms with Crippen molar-refractivity contribution >= 4 is 11.7 Å². The Kier molecular flexibility index (Phi) is 4.01. The van der Waals surface area contributed by atoms with Crippen LogP contribution in [0.25, 0.3) is 0 Å². The Bertz CT molecular complexity index is 425. The lowest BCUT2D eigenvalue weighted by Gasteiger charge is -2.26. The van der Waals surface area contributed by atoms with Gasteiger partial charge in [0.15, 0.2) is 17.2 Å². The quantitative estimate of drug-likeness (QED) is 0.831. The molecule has 0 aliphatic heterocycles. The third kappa shape index (κ3) is 3.13. The standard InChI is InChI=1S/C11H13F2NO3/c1-11(6-17-2,10(15)16)14-7-3-4-8(12)9(13)5-7/h3-5,14H,6H2,1-2H3,(H,15,16). The molecule has 0 fully saturated rings. The van der Waals surface area contributed by atoms with Gasteiger partial charge in [-0.2, -0.15) is 0 Å². The number of carbonyl (C=O) groups is 1. The topological polar surface area (TPSA) is 58.6 Å². The SMILES string of the molecule is COCC(C)(Nc1ccc(F)c(F)c1)C(=O)O. The van der Waals surface area contributed by atoms with E-state index in [4.69, 9.17) is 9.84 Å². The second kappa shape index (κ2) is 5.09. The van der Waals surface area contributed by atoms with Crippen molar-refractivity contribution in [2.24, 2.45) is 0 Å². The van der Waals surface area contributed by atoms with Crippen molar-refractivity contribution in [2.75, 3.05) is 19.0 Å². The number of methoxy groups -OCH3 is 1. The second-order valence-electron chi connectivity index (χ2n) is 3.82. The molecule has 0 amide bonds. The van der Waals surface area contributed by atoms with E-state index >= 15 is 0 Å². The first-order valence-electron chi connectivity index (χ1n) is 4.84. The Morgan fingerprint density at radius 3 is 2.59 bits per heavy atom. The molecule has 6 heteroatoms. The van der Waals surface area contributed by atoms with Gasteiger partial charge >= 0.3 is 5.97 Å². The van der Waals surface area contributed by atoms with Gasteiger partial charge < -0.3 is 15.2 Å². The van der Waals surface area contributed by atoms with E-state index in [9.17, 15) is 13.6 Å². The third-order valence-corrected chi connectivity index (χ3v) is 2.24. The minimum absolute atomic E-state index is 0.110. The molecule has 1 unspecified atom stereocenters. The van der Waals surface area contributed by atoms with Gasteiger partial charge in [0.2, 0.25) is 0 Å². The molecule has 0 spiro atoms. The molecule has 0 bridgehead atoms. The number of halogens is 2. The number of benzene rings is 1. The molecule has 1 aromatic rings. The lowest BCUT2D eigenvalue weighted by atomic mass is 10.0. The van der Waals surface area contributed by atoms with Crippen molar-refractivity contribution in [2.45, 2.75) is 12.5 Å². The molecule has 0 saturated heterocycles. The highest BCUT2D eigenvalue weighted by Crippen LogP contribution is 2.18. The van der Waals surface area contributed by atoms with Crippen molar-refractivity contribution in [3.05, 3.63) is 29.8 Å². The Balaban J connectivity index is 2.94. The number of ether oxygens (including phenoxy) is 1. The molecule has 1 atom stereocenters. The van der Waals surface area contributed by atoms with Crippen molar-refractivity contribution in [1.82, 2.24) is 0 Å². The monoisotopic (exact) mass is 245 g/mol. The molecular formula is C11H13F2NO3. The lowest BCUT2D eigenvalue weighted by molar-refractivity contribution is -0.143. The van der Waals surface area contributed by atoms with Crippen LogP contribution in [-0.4, -0.2) is 30.3 Å². The zero-order valence-electron chi connectivity index (χ0n) is 9.46. The zero-order valence-corrected chi connectivity index (χ0v) is 9.46. The van der Waals surface area contributed by atoms with E-state index in [1.165, 1.54) is 20.1 Å². The molecule has 94 valence electrons. The smallest absolute Gasteiger partial charge is 0.331 e. The average Bonchev–Trinajstić information content (AvgIpc) is 2.23. The summed E-state index contributed by atoms with van der Waals surface area (Å²) in [5.41, 5.74) is -1.23. The highest BCUT2D eigenvalue weighted by atomic mass is 19.2. The number of aliphatic carboxylic acids is 1. The average molecular weight is 245 g/mol. The van der Waals surface area contributed by atoms with Gasteiger partial charge in [-0.1, -0.05) is 0 Å². The number of rotatable bonds is 5. The van der Waals surface area contributed by atoms with Crippen molar-refractivity contribution in [1.29, 1.82) is 0 Å². The van der Waals surface area contributed by atoms with E-state index in [0.29, 0.717) is 0 Å². The predicted octanol–water partition coefficient (Wildman–Crippen LogP) is 1.87. The van der Waals surface area contributed by atoms with Gasteiger partial charge in [0.05, 0.1) is 6.61 Å². The van der Waals surface area contributed by atoms with Crippen LogP contribution in [0.2, 0.25) is 0 Å². The van der Waals surface area contributed by atoms with Gasteiger partial charge in [-0.25, -0.2) is 13.6 Å². The van der Waals surface area contributed by atoms with Crippen LogP contribution < -0.4 is 5.32 Å². The van der Waals surface area contributed by atoms with E-state index in [1.54, 1.807) is 0 Å². The molecule has 0 radical (unpaired) electrons. The Hall–Kier alpha value is -1.69. The van der Waals surface area contributed by atoms with Crippen molar-refractivity contribution in [3.63, 3.8) is 0 Å². The fourth-order valence-corrected chi connectivity index (χ4v) is 1.33. The minimum Gasteiger partial charge on any atom is -0.479 e. The Morgan fingerprint density at radius 2 is 2.12 bits per heavy atom. The summed E-state index contributed by atoms with van der Waals surface area (Å²) >= 11 is 0. The van der Waals surface area contributed by atoms with E-state index in [-0.39, 0.29) is 12.3 Å². The Morgan fingerprint density at radius 1 is 1.47 bits per heavy atom. The summed E-state index contributed by atoms with van der Waals surface area (Å²) in [4.78, 5) is 11.1. The maximum Gasteiger partial charge on any atom is 0.331 e. The number of hydrogen-bond acceptors (Lipinski definition) is 3. The fraction of sp³-hybridized carbons (Fsp3) is 0.364. The Labute approximate surface area is 97.2 Å². The molecule has 1 aromatic carbocycles. The van der Waals surface area contributed by atoms with Crippen LogP contribution in [-0.2, 0) is 9.53 Å². The van der Waals surface area contributed by atoms with Gasteiger partial charge in [-0.05, 0) is 19.1 Å². The largest absolute Gasteiger partial charge is 0.479 e. The van der Waals surface area contributed by atoms with Crippen LogP contribution in [0.1, 0.15) is 6.92 Å². The van der Waals surface area contributed by atoms with Crippen LogP contribution >= 0.6 is 0 Å². The second-order valence-corrected chi connectivity index (χ2v) is 3.82. The first-order valence-corrected chi connectivity index (χ1v) is 4.84. The van der Waals surface area contributed by atoms with Gasteiger partial charge in [0.25, 0.3) is 0 Å². The molecule has 17 heavy (non-hydrogen) atoms. The zero-order chi connectivity index (χ0) is 13.1.